The average molecular weight is 206 g/mol. The van der Waals surface area contributed by atoms with Crippen LogP contribution in [0.4, 0.5) is 19.0 Å². The molecule has 0 saturated carbocycles. The van der Waals surface area contributed by atoms with Gasteiger partial charge in [-0.1, -0.05) is 0 Å². The van der Waals surface area contributed by atoms with E-state index in [1.807, 2.05) is 0 Å². The largest absolute Gasteiger partial charge is 0.480 e. The number of nitrogens with zero attached hydrogens (tertiary/aromatic N) is 1. The van der Waals surface area contributed by atoms with Crippen molar-refractivity contribution in [2.75, 3.05) is 12.3 Å². The molecule has 0 aliphatic heterocycles. The van der Waals surface area contributed by atoms with Crippen molar-refractivity contribution in [1.82, 2.24) is 4.98 Å². The monoisotopic (exact) mass is 206 g/mol. The van der Waals surface area contributed by atoms with Crippen LogP contribution in [0.2, 0.25) is 0 Å². The van der Waals surface area contributed by atoms with Gasteiger partial charge in [0, 0.05) is 6.20 Å². The van der Waals surface area contributed by atoms with Crippen molar-refractivity contribution in [2.24, 2.45) is 0 Å². The number of nitrogen functional groups attached to an aromatic ring is 1. The van der Waals surface area contributed by atoms with E-state index in [4.69, 9.17) is 5.73 Å². The van der Waals surface area contributed by atoms with Crippen LogP contribution < -0.4 is 10.5 Å². The number of aromatic nitrogens is 1. The zero-order valence-corrected chi connectivity index (χ0v) is 7.43. The van der Waals surface area contributed by atoms with Crippen LogP contribution in [0.1, 0.15) is 5.56 Å². The Labute approximate surface area is 78.7 Å². The zero-order valence-electron chi connectivity index (χ0n) is 7.43. The summed E-state index contributed by atoms with van der Waals surface area (Å²) in [6.07, 6.45) is -2.91. The van der Waals surface area contributed by atoms with Crippen molar-refractivity contribution >= 4 is 5.82 Å². The molecule has 0 aliphatic rings. The van der Waals surface area contributed by atoms with Gasteiger partial charge in [0.15, 0.2) is 18.2 Å². The number of ether oxygens (including phenoxy) is 1. The summed E-state index contributed by atoms with van der Waals surface area (Å²) < 4.78 is 39.8. The maximum atomic E-state index is 11.8. The molecular weight excluding hydrogens is 197 g/mol. The lowest BCUT2D eigenvalue weighted by atomic mass is 10.3. The van der Waals surface area contributed by atoms with Gasteiger partial charge in [0.1, 0.15) is 0 Å². The third-order valence-electron chi connectivity index (χ3n) is 1.41. The Bertz CT molecular complexity index is 325. The molecule has 1 rings (SSSR count). The van der Waals surface area contributed by atoms with Crippen molar-refractivity contribution < 1.29 is 17.9 Å². The van der Waals surface area contributed by atoms with E-state index in [-0.39, 0.29) is 11.6 Å². The molecule has 0 unspecified atom stereocenters. The first kappa shape index (κ1) is 10.6. The van der Waals surface area contributed by atoms with Crippen molar-refractivity contribution in [2.45, 2.75) is 13.1 Å². The van der Waals surface area contributed by atoms with Gasteiger partial charge in [-0.25, -0.2) is 4.98 Å². The standard InChI is InChI=1S/C8H9F3N2O/c1-5-2-6(7(12)13-3-5)14-4-8(9,10)11/h2-3H,4H2,1H3,(H2,12,13). The normalized spacial score (nSPS) is 11.4. The summed E-state index contributed by atoms with van der Waals surface area (Å²) in [5, 5.41) is 0. The predicted octanol–water partition coefficient (Wildman–Crippen LogP) is 1.91. The van der Waals surface area contributed by atoms with Crippen LogP contribution in [0, 0.1) is 6.92 Å². The van der Waals surface area contributed by atoms with E-state index in [0.717, 1.165) is 0 Å². The highest BCUT2D eigenvalue weighted by atomic mass is 19.4. The van der Waals surface area contributed by atoms with Crippen LogP contribution in [0.15, 0.2) is 12.3 Å². The first-order chi connectivity index (χ1) is 6.38. The van der Waals surface area contributed by atoms with E-state index >= 15 is 0 Å². The van der Waals surface area contributed by atoms with Gasteiger partial charge in [-0.2, -0.15) is 13.2 Å². The second-order valence-electron chi connectivity index (χ2n) is 2.80. The summed E-state index contributed by atoms with van der Waals surface area (Å²) in [4.78, 5) is 3.66. The molecule has 1 aromatic rings. The molecule has 0 radical (unpaired) electrons. The predicted molar refractivity (Wildman–Crippen MR) is 44.9 cm³/mol. The zero-order chi connectivity index (χ0) is 10.8. The second kappa shape index (κ2) is 3.73. The lowest BCUT2D eigenvalue weighted by Gasteiger charge is -2.10. The molecule has 6 heteroatoms. The van der Waals surface area contributed by atoms with Crippen molar-refractivity contribution in [3.63, 3.8) is 0 Å². The van der Waals surface area contributed by atoms with Crippen molar-refractivity contribution in [1.29, 1.82) is 0 Å². The van der Waals surface area contributed by atoms with E-state index in [2.05, 4.69) is 9.72 Å². The van der Waals surface area contributed by atoms with E-state index in [1.165, 1.54) is 12.3 Å². The van der Waals surface area contributed by atoms with E-state index in [9.17, 15) is 13.2 Å². The molecule has 0 aromatic carbocycles. The topological polar surface area (TPSA) is 48.1 Å². The fourth-order valence-corrected chi connectivity index (χ4v) is 0.828. The maximum absolute atomic E-state index is 11.8. The van der Waals surface area contributed by atoms with Crippen molar-refractivity contribution in [3.05, 3.63) is 17.8 Å². The molecular formula is C8H9F3N2O. The number of pyridine rings is 1. The smallest absolute Gasteiger partial charge is 0.422 e. The Morgan fingerprint density at radius 1 is 1.50 bits per heavy atom. The van der Waals surface area contributed by atoms with Gasteiger partial charge < -0.3 is 10.5 Å². The van der Waals surface area contributed by atoms with Gasteiger partial charge in [0.25, 0.3) is 0 Å². The van der Waals surface area contributed by atoms with Crippen LogP contribution in [-0.2, 0) is 0 Å². The maximum Gasteiger partial charge on any atom is 0.422 e. The number of halogens is 3. The molecule has 0 fully saturated rings. The quantitative estimate of drug-likeness (QED) is 0.804. The fraction of sp³-hybridized carbons (Fsp3) is 0.375. The summed E-state index contributed by atoms with van der Waals surface area (Å²) in [7, 11) is 0. The number of nitrogens with two attached hydrogens (primary N) is 1. The van der Waals surface area contributed by atoms with E-state index in [0.29, 0.717) is 5.56 Å². The number of hydrogen-bond donors (Lipinski definition) is 1. The van der Waals surface area contributed by atoms with E-state index in [1.54, 1.807) is 6.92 Å². The lowest BCUT2D eigenvalue weighted by molar-refractivity contribution is -0.153. The number of anilines is 1. The molecule has 78 valence electrons. The molecule has 0 saturated heterocycles. The fourth-order valence-electron chi connectivity index (χ4n) is 0.828. The van der Waals surface area contributed by atoms with Gasteiger partial charge in [-0.3, -0.25) is 0 Å². The van der Waals surface area contributed by atoms with Crippen molar-refractivity contribution in [3.8, 4) is 5.75 Å². The summed E-state index contributed by atoms with van der Waals surface area (Å²) in [5.41, 5.74) is 6.01. The molecule has 0 atom stereocenters. The number of rotatable bonds is 2. The molecule has 0 amide bonds. The first-order valence-corrected chi connectivity index (χ1v) is 3.80. The number of hydrogen-bond acceptors (Lipinski definition) is 3. The SMILES string of the molecule is Cc1cnc(N)c(OCC(F)(F)F)c1. The first-order valence-electron chi connectivity index (χ1n) is 3.80. The third kappa shape index (κ3) is 3.12. The molecule has 0 bridgehead atoms. The van der Waals surface area contributed by atoms with Crippen LogP contribution in [0.25, 0.3) is 0 Å². The Hall–Kier alpha value is -1.46. The highest BCUT2D eigenvalue weighted by molar-refractivity contribution is 5.46. The minimum absolute atomic E-state index is 0.0395. The Kier molecular flexibility index (Phi) is 2.83. The minimum Gasteiger partial charge on any atom is -0.480 e. The summed E-state index contributed by atoms with van der Waals surface area (Å²) in [5.74, 6) is -0.0813. The Morgan fingerprint density at radius 3 is 2.71 bits per heavy atom. The molecule has 2 N–H and O–H groups in total. The lowest BCUT2D eigenvalue weighted by Crippen LogP contribution is -2.19. The number of aryl methyl sites for hydroxylation is 1. The molecule has 0 spiro atoms. The molecule has 3 nitrogen and oxygen atoms in total. The molecule has 14 heavy (non-hydrogen) atoms. The highest BCUT2D eigenvalue weighted by Gasteiger charge is 2.28. The summed E-state index contributed by atoms with van der Waals surface area (Å²) >= 11 is 0. The molecule has 0 aliphatic carbocycles. The summed E-state index contributed by atoms with van der Waals surface area (Å²) in [6.45, 7) is 0.329. The summed E-state index contributed by atoms with van der Waals surface area (Å²) in [6, 6.07) is 1.41. The van der Waals surface area contributed by atoms with Gasteiger partial charge in [-0.05, 0) is 18.6 Å². The highest BCUT2D eigenvalue weighted by Crippen LogP contribution is 2.23. The molecule has 1 aromatic heterocycles. The number of alkyl halides is 3. The Morgan fingerprint density at radius 2 is 2.14 bits per heavy atom. The second-order valence-corrected chi connectivity index (χ2v) is 2.80. The van der Waals surface area contributed by atoms with Crippen LogP contribution in [-0.4, -0.2) is 17.8 Å². The van der Waals surface area contributed by atoms with Crippen LogP contribution >= 0.6 is 0 Å². The van der Waals surface area contributed by atoms with E-state index < -0.39 is 12.8 Å². The van der Waals surface area contributed by atoms with Gasteiger partial charge in [-0.15, -0.1) is 0 Å². The third-order valence-corrected chi connectivity index (χ3v) is 1.41. The van der Waals surface area contributed by atoms with Crippen LogP contribution in [0.5, 0.6) is 5.75 Å². The minimum atomic E-state index is -4.36. The average Bonchev–Trinajstić information content (AvgIpc) is 2.05. The Balaban J connectivity index is 2.72. The van der Waals surface area contributed by atoms with Gasteiger partial charge in [0.2, 0.25) is 0 Å². The van der Waals surface area contributed by atoms with Crippen LogP contribution in [0.3, 0.4) is 0 Å². The van der Waals surface area contributed by atoms with Gasteiger partial charge in [0.05, 0.1) is 0 Å². The molecule has 1 heterocycles. The van der Waals surface area contributed by atoms with Gasteiger partial charge >= 0.3 is 6.18 Å².